The second-order valence-corrected chi connectivity index (χ2v) is 12.2. The minimum atomic E-state index is -4.76. The Morgan fingerprint density at radius 3 is 2.47 bits per heavy atom. The molecule has 0 radical (unpaired) electrons. The molecule has 47 heavy (non-hydrogen) atoms. The SMILES string of the molecule is CC(CCCc1ccc(-c2ncn(-c3ccc(OC(F)(F)F)cc3)n2)cc1)NC(=O)N=C1SCC(=O)N1c1ccc(F)cc1C(C)C. The number of hydrogen-bond acceptors (Lipinski definition) is 6. The average Bonchev–Trinajstić information content (AvgIpc) is 3.64. The van der Waals surface area contributed by atoms with Crippen LogP contribution >= 0.6 is 11.8 Å². The van der Waals surface area contributed by atoms with Crippen molar-refractivity contribution in [3.8, 4) is 22.8 Å². The summed E-state index contributed by atoms with van der Waals surface area (Å²) in [7, 11) is 0. The molecule has 1 saturated heterocycles. The van der Waals surface area contributed by atoms with Gasteiger partial charge in [-0.1, -0.05) is 49.9 Å². The summed E-state index contributed by atoms with van der Waals surface area (Å²) in [6.07, 6.45) is -1.02. The summed E-state index contributed by atoms with van der Waals surface area (Å²) in [5.41, 5.74) is 3.59. The van der Waals surface area contributed by atoms with Gasteiger partial charge < -0.3 is 10.1 Å². The van der Waals surface area contributed by atoms with Gasteiger partial charge in [0.2, 0.25) is 5.91 Å². The summed E-state index contributed by atoms with van der Waals surface area (Å²) in [6.45, 7) is 5.71. The van der Waals surface area contributed by atoms with Crippen LogP contribution in [0.4, 0.5) is 28.0 Å². The van der Waals surface area contributed by atoms with E-state index < -0.39 is 18.2 Å². The summed E-state index contributed by atoms with van der Waals surface area (Å²) in [5, 5.41) is 7.57. The molecular formula is C33H32F4N6O3S. The van der Waals surface area contributed by atoms with Crippen molar-refractivity contribution in [1.29, 1.82) is 0 Å². The summed E-state index contributed by atoms with van der Waals surface area (Å²) in [4.78, 5) is 35.3. The highest BCUT2D eigenvalue weighted by Gasteiger charge is 2.33. The number of rotatable bonds is 10. The van der Waals surface area contributed by atoms with Crippen LogP contribution in [0.15, 0.2) is 78.0 Å². The quantitative estimate of drug-likeness (QED) is 0.174. The van der Waals surface area contributed by atoms with Gasteiger partial charge in [0, 0.05) is 11.6 Å². The first-order valence-electron chi connectivity index (χ1n) is 14.9. The van der Waals surface area contributed by atoms with Crippen molar-refractivity contribution < 1.29 is 31.9 Å². The van der Waals surface area contributed by atoms with Gasteiger partial charge in [-0.25, -0.2) is 18.9 Å². The molecule has 9 nitrogen and oxygen atoms in total. The summed E-state index contributed by atoms with van der Waals surface area (Å²) in [5.74, 6) is -0.359. The van der Waals surface area contributed by atoms with E-state index >= 15 is 0 Å². The lowest BCUT2D eigenvalue weighted by Crippen LogP contribution is -2.34. The van der Waals surface area contributed by atoms with Crippen molar-refractivity contribution in [2.75, 3.05) is 10.7 Å². The number of aryl methyl sites for hydroxylation is 1. The number of urea groups is 1. The summed E-state index contributed by atoms with van der Waals surface area (Å²) >= 11 is 1.17. The number of nitrogens with zero attached hydrogens (tertiary/aromatic N) is 5. The smallest absolute Gasteiger partial charge is 0.406 e. The minimum Gasteiger partial charge on any atom is -0.406 e. The van der Waals surface area contributed by atoms with Gasteiger partial charge in [-0.05, 0) is 85.7 Å². The van der Waals surface area contributed by atoms with Crippen molar-refractivity contribution in [2.24, 2.45) is 4.99 Å². The molecule has 0 saturated carbocycles. The first-order chi connectivity index (χ1) is 22.4. The molecule has 3 aromatic carbocycles. The van der Waals surface area contributed by atoms with Gasteiger partial charge in [0.05, 0.1) is 17.1 Å². The van der Waals surface area contributed by atoms with Crippen molar-refractivity contribution >= 4 is 34.6 Å². The molecular weight excluding hydrogens is 636 g/mol. The van der Waals surface area contributed by atoms with E-state index in [-0.39, 0.29) is 34.5 Å². The Labute approximate surface area is 273 Å². The molecule has 2 heterocycles. The number of halogens is 4. The standard InChI is InChI=1S/C33H32F4N6O3S/c1-20(2)27-17-24(34)11-16-28(27)43-29(44)18-47-32(43)40-31(45)39-21(3)5-4-6-22-7-9-23(10-8-22)30-38-19-42(41-30)25-12-14-26(15-13-25)46-33(35,36)37/h7-17,19-21H,4-6,18H2,1-3H3,(H,39,45). The van der Waals surface area contributed by atoms with Crippen LogP contribution in [0.2, 0.25) is 0 Å². The number of amidine groups is 1. The van der Waals surface area contributed by atoms with E-state index in [0.717, 1.165) is 24.0 Å². The highest BCUT2D eigenvalue weighted by molar-refractivity contribution is 8.15. The van der Waals surface area contributed by atoms with Gasteiger partial charge in [-0.15, -0.1) is 18.3 Å². The van der Waals surface area contributed by atoms with Crippen LogP contribution in [0.1, 0.15) is 50.7 Å². The van der Waals surface area contributed by atoms with E-state index in [0.29, 0.717) is 29.2 Å². The summed E-state index contributed by atoms with van der Waals surface area (Å²) < 4.78 is 56.5. The first-order valence-corrected chi connectivity index (χ1v) is 15.9. The Morgan fingerprint density at radius 1 is 1.06 bits per heavy atom. The Morgan fingerprint density at radius 2 is 1.79 bits per heavy atom. The number of carbonyl (C=O) groups is 2. The zero-order valence-corrected chi connectivity index (χ0v) is 26.6. The fraction of sp³-hybridized carbons (Fsp3) is 0.303. The molecule has 1 atom stereocenters. The van der Waals surface area contributed by atoms with E-state index in [1.54, 1.807) is 6.07 Å². The molecule has 1 fully saturated rings. The topological polar surface area (TPSA) is 102 Å². The van der Waals surface area contributed by atoms with E-state index in [4.69, 9.17) is 0 Å². The maximum Gasteiger partial charge on any atom is 0.573 e. The molecule has 0 spiro atoms. The van der Waals surface area contributed by atoms with Crippen LogP contribution in [0, 0.1) is 5.82 Å². The fourth-order valence-corrected chi connectivity index (χ4v) is 5.89. The van der Waals surface area contributed by atoms with Crippen LogP contribution in [-0.2, 0) is 11.2 Å². The molecule has 0 bridgehead atoms. The van der Waals surface area contributed by atoms with E-state index in [1.165, 1.54) is 64.1 Å². The Bertz CT molecular complexity index is 1760. The molecule has 14 heteroatoms. The second-order valence-electron chi connectivity index (χ2n) is 11.3. The molecule has 1 N–H and O–H groups in total. The van der Waals surface area contributed by atoms with Gasteiger partial charge >= 0.3 is 12.4 Å². The number of benzene rings is 3. The fourth-order valence-electron chi connectivity index (χ4n) is 5.03. The van der Waals surface area contributed by atoms with Gasteiger partial charge in [-0.3, -0.25) is 9.69 Å². The normalized spacial score (nSPS) is 15.0. The predicted molar refractivity (Wildman–Crippen MR) is 172 cm³/mol. The van der Waals surface area contributed by atoms with Crippen LogP contribution in [0.5, 0.6) is 5.75 Å². The Kier molecular flexibility index (Phi) is 10.3. The lowest BCUT2D eigenvalue weighted by atomic mass is 10.0. The third-order valence-electron chi connectivity index (χ3n) is 7.33. The van der Waals surface area contributed by atoms with Crippen molar-refractivity contribution in [3.05, 3.63) is 90.0 Å². The number of amides is 3. The molecule has 3 amide bonds. The molecule has 246 valence electrons. The van der Waals surface area contributed by atoms with Crippen LogP contribution < -0.4 is 15.0 Å². The molecule has 0 aliphatic carbocycles. The molecule has 5 rings (SSSR count). The number of ether oxygens (including phenoxy) is 1. The lowest BCUT2D eigenvalue weighted by molar-refractivity contribution is -0.274. The Balaban J connectivity index is 1.12. The first kappa shape index (κ1) is 33.6. The highest BCUT2D eigenvalue weighted by Crippen LogP contribution is 2.34. The number of anilines is 1. The van der Waals surface area contributed by atoms with Crippen molar-refractivity contribution in [2.45, 2.75) is 58.4 Å². The lowest BCUT2D eigenvalue weighted by Gasteiger charge is -2.21. The maximum absolute atomic E-state index is 13.9. The molecule has 1 unspecified atom stereocenters. The second kappa shape index (κ2) is 14.4. The number of carbonyl (C=O) groups excluding carboxylic acids is 2. The van der Waals surface area contributed by atoms with E-state index in [9.17, 15) is 27.2 Å². The number of nitrogens with one attached hydrogen (secondary N) is 1. The number of aliphatic imine (C=N–C) groups is 1. The van der Waals surface area contributed by atoms with Crippen molar-refractivity contribution in [1.82, 2.24) is 20.1 Å². The highest BCUT2D eigenvalue weighted by atomic mass is 32.2. The average molecular weight is 669 g/mol. The molecule has 1 aliphatic rings. The monoisotopic (exact) mass is 668 g/mol. The number of hydrogen-bond donors (Lipinski definition) is 1. The zero-order valence-electron chi connectivity index (χ0n) is 25.8. The van der Waals surface area contributed by atoms with Gasteiger partial charge in [0.1, 0.15) is 17.9 Å². The van der Waals surface area contributed by atoms with Crippen LogP contribution in [0.25, 0.3) is 17.1 Å². The number of aromatic nitrogens is 3. The van der Waals surface area contributed by atoms with Crippen LogP contribution in [-0.4, -0.2) is 50.0 Å². The maximum atomic E-state index is 13.9. The largest absolute Gasteiger partial charge is 0.573 e. The van der Waals surface area contributed by atoms with Gasteiger partial charge in [0.15, 0.2) is 11.0 Å². The van der Waals surface area contributed by atoms with Crippen LogP contribution in [0.3, 0.4) is 0 Å². The van der Waals surface area contributed by atoms with Crippen molar-refractivity contribution in [3.63, 3.8) is 0 Å². The number of alkyl halides is 3. The third kappa shape index (κ3) is 8.76. The molecule has 1 aromatic heterocycles. The predicted octanol–water partition coefficient (Wildman–Crippen LogP) is 7.65. The van der Waals surface area contributed by atoms with E-state index in [1.807, 2.05) is 45.0 Å². The summed E-state index contributed by atoms with van der Waals surface area (Å²) in [6, 6.07) is 16.6. The third-order valence-corrected chi connectivity index (χ3v) is 8.25. The number of thioether (sulfide) groups is 1. The Hall–Kier alpha value is -4.72. The molecule has 1 aliphatic heterocycles. The van der Waals surface area contributed by atoms with Gasteiger partial charge in [0.25, 0.3) is 0 Å². The van der Waals surface area contributed by atoms with E-state index in [2.05, 4.69) is 25.1 Å². The molecule has 4 aromatic rings. The van der Waals surface area contributed by atoms with Gasteiger partial charge in [-0.2, -0.15) is 4.99 Å². The zero-order chi connectivity index (χ0) is 33.7. The minimum absolute atomic E-state index is 0.0369.